The predicted molar refractivity (Wildman–Crippen MR) is 73.0 cm³/mol. The second-order valence-electron chi connectivity index (χ2n) is 4.85. The monoisotopic (exact) mass is 249 g/mol. The number of ether oxygens (including phenoxy) is 2. The molecule has 18 heavy (non-hydrogen) atoms. The van der Waals surface area contributed by atoms with Gasteiger partial charge in [0.05, 0.1) is 7.11 Å². The first-order chi connectivity index (χ1) is 8.83. The van der Waals surface area contributed by atoms with Crippen LogP contribution in [-0.2, 0) is 4.74 Å². The highest BCUT2D eigenvalue weighted by molar-refractivity contribution is 5.29. The zero-order chi connectivity index (χ0) is 12.8. The van der Waals surface area contributed by atoms with Gasteiger partial charge in [0, 0.05) is 19.3 Å². The molecule has 1 saturated heterocycles. The SMILES string of the molecule is CCNC(CC1CCOC1)c1ccc(OC)cc1. The van der Waals surface area contributed by atoms with Crippen LogP contribution in [0.4, 0.5) is 0 Å². The summed E-state index contributed by atoms with van der Waals surface area (Å²) < 4.78 is 10.7. The van der Waals surface area contributed by atoms with Crippen LogP contribution in [0, 0.1) is 5.92 Å². The molecule has 2 rings (SSSR count). The van der Waals surface area contributed by atoms with Crippen molar-refractivity contribution in [3.8, 4) is 5.75 Å². The maximum absolute atomic E-state index is 5.46. The van der Waals surface area contributed by atoms with E-state index in [9.17, 15) is 0 Å². The average Bonchev–Trinajstić information content (AvgIpc) is 2.91. The van der Waals surface area contributed by atoms with Crippen LogP contribution in [0.5, 0.6) is 5.75 Å². The van der Waals surface area contributed by atoms with Crippen LogP contribution >= 0.6 is 0 Å². The normalized spacial score (nSPS) is 20.9. The summed E-state index contributed by atoms with van der Waals surface area (Å²) in [7, 11) is 1.70. The van der Waals surface area contributed by atoms with E-state index in [1.807, 2.05) is 12.1 Å². The van der Waals surface area contributed by atoms with Gasteiger partial charge in [-0.25, -0.2) is 0 Å². The first kappa shape index (κ1) is 13.4. The van der Waals surface area contributed by atoms with Gasteiger partial charge >= 0.3 is 0 Å². The van der Waals surface area contributed by atoms with Crippen LogP contribution in [0.15, 0.2) is 24.3 Å². The number of nitrogens with one attached hydrogen (secondary N) is 1. The average molecular weight is 249 g/mol. The minimum Gasteiger partial charge on any atom is -0.497 e. The van der Waals surface area contributed by atoms with Crippen molar-refractivity contribution in [2.75, 3.05) is 26.9 Å². The van der Waals surface area contributed by atoms with Gasteiger partial charge in [-0.15, -0.1) is 0 Å². The molecule has 0 saturated carbocycles. The summed E-state index contributed by atoms with van der Waals surface area (Å²) in [5.74, 6) is 1.61. The van der Waals surface area contributed by atoms with E-state index in [0.29, 0.717) is 12.0 Å². The Labute approximate surface area is 109 Å². The lowest BCUT2D eigenvalue weighted by atomic mass is 9.94. The van der Waals surface area contributed by atoms with Gasteiger partial charge in [0.2, 0.25) is 0 Å². The zero-order valence-corrected chi connectivity index (χ0v) is 11.3. The molecule has 1 heterocycles. The van der Waals surface area contributed by atoms with E-state index in [4.69, 9.17) is 9.47 Å². The molecule has 0 spiro atoms. The standard InChI is InChI=1S/C15H23NO2/c1-3-16-15(10-12-8-9-18-11-12)13-4-6-14(17-2)7-5-13/h4-7,12,15-16H,3,8-11H2,1-2H3. The van der Waals surface area contributed by atoms with Crippen molar-refractivity contribution in [2.24, 2.45) is 5.92 Å². The highest BCUT2D eigenvalue weighted by Gasteiger charge is 2.21. The largest absolute Gasteiger partial charge is 0.497 e. The van der Waals surface area contributed by atoms with E-state index in [2.05, 4.69) is 24.4 Å². The van der Waals surface area contributed by atoms with Crippen molar-refractivity contribution in [2.45, 2.75) is 25.8 Å². The molecule has 0 aliphatic carbocycles. The molecule has 0 bridgehead atoms. The minimum absolute atomic E-state index is 0.424. The first-order valence-electron chi connectivity index (χ1n) is 6.78. The van der Waals surface area contributed by atoms with Crippen molar-refractivity contribution < 1.29 is 9.47 Å². The summed E-state index contributed by atoms with van der Waals surface area (Å²) in [5, 5.41) is 3.57. The molecule has 1 fully saturated rings. The van der Waals surface area contributed by atoms with E-state index < -0.39 is 0 Å². The molecule has 1 N–H and O–H groups in total. The smallest absolute Gasteiger partial charge is 0.118 e. The predicted octanol–water partition coefficient (Wildman–Crippen LogP) is 2.77. The van der Waals surface area contributed by atoms with Gasteiger partial charge in [-0.05, 0) is 43.0 Å². The van der Waals surface area contributed by atoms with Gasteiger partial charge in [0.15, 0.2) is 0 Å². The van der Waals surface area contributed by atoms with Gasteiger partial charge in [-0.2, -0.15) is 0 Å². The molecule has 0 amide bonds. The molecule has 1 aliphatic rings. The fraction of sp³-hybridized carbons (Fsp3) is 0.600. The maximum Gasteiger partial charge on any atom is 0.118 e. The Bertz CT molecular complexity index is 344. The van der Waals surface area contributed by atoms with Gasteiger partial charge in [-0.1, -0.05) is 19.1 Å². The fourth-order valence-corrected chi connectivity index (χ4v) is 2.52. The van der Waals surface area contributed by atoms with E-state index in [1.54, 1.807) is 7.11 Å². The Morgan fingerprint density at radius 3 is 2.72 bits per heavy atom. The van der Waals surface area contributed by atoms with E-state index in [0.717, 1.165) is 31.9 Å². The Hall–Kier alpha value is -1.06. The lowest BCUT2D eigenvalue weighted by Crippen LogP contribution is -2.23. The first-order valence-corrected chi connectivity index (χ1v) is 6.78. The summed E-state index contributed by atoms with van der Waals surface area (Å²) in [4.78, 5) is 0. The summed E-state index contributed by atoms with van der Waals surface area (Å²) >= 11 is 0. The van der Waals surface area contributed by atoms with Gasteiger partial charge in [0.25, 0.3) is 0 Å². The van der Waals surface area contributed by atoms with Gasteiger partial charge < -0.3 is 14.8 Å². The topological polar surface area (TPSA) is 30.5 Å². The lowest BCUT2D eigenvalue weighted by molar-refractivity contribution is 0.181. The number of hydrogen-bond acceptors (Lipinski definition) is 3. The van der Waals surface area contributed by atoms with Crippen molar-refractivity contribution in [3.63, 3.8) is 0 Å². The molecule has 1 aromatic carbocycles. The molecule has 3 heteroatoms. The van der Waals surface area contributed by atoms with Crippen molar-refractivity contribution >= 4 is 0 Å². The van der Waals surface area contributed by atoms with E-state index >= 15 is 0 Å². The van der Waals surface area contributed by atoms with Crippen LogP contribution in [0.3, 0.4) is 0 Å². The molecule has 1 aliphatic heterocycles. The number of hydrogen-bond donors (Lipinski definition) is 1. The third-order valence-electron chi connectivity index (χ3n) is 3.56. The quantitative estimate of drug-likeness (QED) is 0.841. The third-order valence-corrected chi connectivity index (χ3v) is 3.56. The number of methoxy groups -OCH3 is 1. The number of benzene rings is 1. The maximum atomic E-state index is 5.46. The van der Waals surface area contributed by atoms with Crippen LogP contribution < -0.4 is 10.1 Å². The molecule has 100 valence electrons. The molecule has 1 aromatic rings. The van der Waals surface area contributed by atoms with Crippen LogP contribution in [0.2, 0.25) is 0 Å². The summed E-state index contributed by atoms with van der Waals surface area (Å²) in [6.45, 7) is 4.98. The van der Waals surface area contributed by atoms with E-state index in [-0.39, 0.29) is 0 Å². The Balaban J connectivity index is 2.02. The Morgan fingerprint density at radius 1 is 1.39 bits per heavy atom. The van der Waals surface area contributed by atoms with Gasteiger partial charge in [0.1, 0.15) is 5.75 Å². The molecular weight excluding hydrogens is 226 g/mol. The highest BCUT2D eigenvalue weighted by atomic mass is 16.5. The molecular formula is C15H23NO2. The molecule has 3 nitrogen and oxygen atoms in total. The van der Waals surface area contributed by atoms with Crippen molar-refractivity contribution in [1.29, 1.82) is 0 Å². The Morgan fingerprint density at radius 2 is 2.17 bits per heavy atom. The third kappa shape index (κ3) is 3.47. The molecule has 2 atom stereocenters. The lowest BCUT2D eigenvalue weighted by Gasteiger charge is -2.21. The second-order valence-corrected chi connectivity index (χ2v) is 4.85. The fourth-order valence-electron chi connectivity index (χ4n) is 2.52. The molecule has 0 radical (unpaired) electrons. The van der Waals surface area contributed by atoms with Crippen LogP contribution in [-0.4, -0.2) is 26.9 Å². The number of rotatable bonds is 6. The zero-order valence-electron chi connectivity index (χ0n) is 11.3. The second kappa shape index (κ2) is 6.76. The van der Waals surface area contributed by atoms with Crippen molar-refractivity contribution in [3.05, 3.63) is 29.8 Å². The van der Waals surface area contributed by atoms with E-state index in [1.165, 1.54) is 12.0 Å². The van der Waals surface area contributed by atoms with Crippen LogP contribution in [0.25, 0.3) is 0 Å². The highest BCUT2D eigenvalue weighted by Crippen LogP contribution is 2.27. The summed E-state index contributed by atoms with van der Waals surface area (Å²) in [6, 6.07) is 8.80. The molecule has 2 unspecified atom stereocenters. The van der Waals surface area contributed by atoms with Crippen LogP contribution in [0.1, 0.15) is 31.4 Å². The minimum atomic E-state index is 0.424. The van der Waals surface area contributed by atoms with Crippen molar-refractivity contribution in [1.82, 2.24) is 5.32 Å². The molecule has 0 aromatic heterocycles. The summed E-state index contributed by atoms with van der Waals surface area (Å²) in [6.07, 6.45) is 2.35. The van der Waals surface area contributed by atoms with Gasteiger partial charge in [-0.3, -0.25) is 0 Å². The Kier molecular flexibility index (Phi) is 5.02. The summed E-state index contributed by atoms with van der Waals surface area (Å²) in [5.41, 5.74) is 1.34.